The Morgan fingerprint density at radius 1 is 1.11 bits per heavy atom. The first-order valence-corrected chi connectivity index (χ1v) is 13.4. The van der Waals surface area contributed by atoms with E-state index >= 15 is 0 Å². The molecule has 1 unspecified atom stereocenters. The summed E-state index contributed by atoms with van der Waals surface area (Å²) in [4.78, 5) is 11.8. The van der Waals surface area contributed by atoms with Crippen molar-refractivity contribution in [1.82, 2.24) is 10.1 Å². The van der Waals surface area contributed by atoms with Gasteiger partial charge in [-0.05, 0) is 54.1 Å². The van der Waals surface area contributed by atoms with Gasteiger partial charge in [-0.15, -0.1) is 0 Å². The maximum atomic E-state index is 6.45. The van der Waals surface area contributed by atoms with Crippen LogP contribution < -0.4 is 9.68 Å². The van der Waals surface area contributed by atoms with Crippen LogP contribution in [0.25, 0.3) is 11.0 Å². The van der Waals surface area contributed by atoms with Gasteiger partial charge in [0, 0.05) is 19.1 Å². The molecule has 1 heterocycles. The van der Waals surface area contributed by atoms with Crippen molar-refractivity contribution >= 4 is 19.4 Å². The van der Waals surface area contributed by atoms with E-state index in [1.54, 1.807) is 12.0 Å². The molecule has 0 radical (unpaired) electrons. The van der Waals surface area contributed by atoms with Crippen LogP contribution in [0.15, 0.2) is 12.1 Å². The maximum Gasteiger partial charge on any atom is 0.315 e. The molecule has 156 valence electrons. The molecule has 6 heteroatoms. The largest absolute Gasteiger partial charge is 0.417 e. The smallest absolute Gasteiger partial charge is 0.315 e. The quantitative estimate of drug-likeness (QED) is 0.486. The third-order valence-electron chi connectivity index (χ3n) is 5.93. The van der Waals surface area contributed by atoms with Crippen molar-refractivity contribution in [3.8, 4) is 0 Å². The topological polar surface area (TPSA) is 48.1 Å². The zero-order valence-corrected chi connectivity index (χ0v) is 20.2. The van der Waals surface area contributed by atoms with Gasteiger partial charge in [-0.3, -0.25) is 0 Å². The number of rotatable bonds is 8. The van der Waals surface area contributed by atoms with Crippen LogP contribution in [0.5, 0.6) is 0 Å². The van der Waals surface area contributed by atoms with Crippen molar-refractivity contribution in [2.24, 2.45) is 5.92 Å². The molecule has 0 aliphatic carbocycles. The van der Waals surface area contributed by atoms with Crippen molar-refractivity contribution in [3.63, 3.8) is 0 Å². The maximum absolute atomic E-state index is 6.45. The van der Waals surface area contributed by atoms with Crippen molar-refractivity contribution in [2.45, 2.75) is 78.9 Å². The Balaban J connectivity index is 2.28. The van der Waals surface area contributed by atoms with E-state index in [4.69, 9.17) is 14.2 Å². The molecule has 1 aromatic carbocycles. The molecule has 0 amide bonds. The molecule has 2 aromatic rings. The summed E-state index contributed by atoms with van der Waals surface area (Å²) in [5, 5.41) is 4.69. The number of hydrogen-bond acceptors (Lipinski definition) is 4. The van der Waals surface area contributed by atoms with E-state index in [2.05, 4.69) is 71.9 Å². The van der Waals surface area contributed by atoms with E-state index in [1.807, 2.05) is 0 Å². The summed E-state index contributed by atoms with van der Waals surface area (Å²) < 4.78 is 6.45. The number of aromatic nitrogens is 3. The summed E-state index contributed by atoms with van der Waals surface area (Å²) in [5.41, 5.74) is 4.54. The molecule has 0 N–H and O–H groups in total. The second kappa shape index (κ2) is 8.87. The third kappa shape index (κ3) is 5.09. The van der Waals surface area contributed by atoms with E-state index in [-0.39, 0.29) is 5.04 Å². The summed E-state index contributed by atoms with van der Waals surface area (Å²) >= 11 is 0. The Hall–Kier alpha value is -1.53. The standard InChI is InChI=1S/C22H38N3O2Si/c1-10-17-14-20-19(23-21(11-2)24-25(20)26-7)13-18(17)12-16(3)15-27-28(8,9)22(4,5)6/h13-14,16H,10-12,15H2,1-9H3/q+1. The minimum absolute atomic E-state index is 0.242. The highest BCUT2D eigenvalue weighted by Gasteiger charge is 2.37. The zero-order valence-electron chi connectivity index (χ0n) is 19.2. The third-order valence-corrected chi connectivity index (χ3v) is 10.4. The molecule has 1 aromatic heterocycles. The summed E-state index contributed by atoms with van der Waals surface area (Å²) in [6.45, 7) is 18.8. The predicted molar refractivity (Wildman–Crippen MR) is 117 cm³/mol. The van der Waals surface area contributed by atoms with Gasteiger partial charge in [0.15, 0.2) is 15.4 Å². The van der Waals surface area contributed by atoms with Crippen LogP contribution in [0.4, 0.5) is 0 Å². The van der Waals surface area contributed by atoms with Crippen molar-refractivity contribution in [3.05, 3.63) is 29.1 Å². The fourth-order valence-electron chi connectivity index (χ4n) is 3.04. The first kappa shape index (κ1) is 22.8. The molecule has 0 aliphatic rings. The second-order valence-corrected chi connectivity index (χ2v) is 14.1. The lowest BCUT2D eigenvalue weighted by Crippen LogP contribution is -2.46. The van der Waals surface area contributed by atoms with Gasteiger partial charge in [-0.2, -0.15) is 0 Å². The Kier molecular flexibility index (Phi) is 7.20. The van der Waals surface area contributed by atoms with Crippen LogP contribution in [0.2, 0.25) is 18.1 Å². The van der Waals surface area contributed by atoms with E-state index in [9.17, 15) is 0 Å². The van der Waals surface area contributed by atoms with E-state index < -0.39 is 8.32 Å². The van der Waals surface area contributed by atoms with Gasteiger partial charge in [0.1, 0.15) is 10.4 Å². The molecule has 0 spiro atoms. The molecular weight excluding hydrogens is 366 g/mol. The van der Waals surface area contributed by atoms with E-state index in [1.165, 1.54) is 11.1 Å². The van der Waals surface area contributed by atoms with Crippen LogP contribution in [0, 0.1) is 5.92 Å². The molecule has 28 heavy (non-hydrogen) atoms. The fourth-order valence-corrected chi connectivity index (χ4v) is 4.17. The highest BCUT2D eigenvalue weighted by atomic mass is 28.4. The molecule has 0 aliphatic heterocycles. The SMILES string of the molecule is CCc1nc2cc(CC(C)CO[Si](C)(C)C(C)(C)C)c(CC)cc2[n+](OC)n1. The normalized spacial score (nSPS) is 13.8. The molecule has 0 saturated carbocycles. The van der Waals surface area contributed by atoms with Crippen LogP contribution in [0.3, 0.4) is 0 Å². The molecule has 5 nitrogen and oxygen atoms in total. The zero-order chi connectivity index (χ0) is 21.1. The lowest BCUT2D eigenvalue weighted by atomic mass is 9.95. The average Bonchev–Trinajstić information content (AvgIpc) is 2.63. The molecule has 2 rings (SSSR count). The number of fused-ring (bicyclic) bond motifs is 1. The fraction of sp³-hybridized carbons (Fsp3) is 0.682. The first-order chi connectivity index (χ1) is 13.0. The number of benzene rings is 1. The monoisotopic (exact) mass is 404 g/mol. The van der Waals surface area contributed by atoms with Gasteiger partial charge in [0.2, 0.25) is 5.82 Å². The molecule has 1 atom stereocenters. The van der Waals surface area contributed by atoms with Crippen molar-refractivity contribution in [2.75, 3.05) is 13.7 Å². The lowest BCUT2D eigenvalue weighted by Gasteiger charge is -2.37. The van der Waals surface area contributed by atoms with Gasteiger partial charge in [-0.25, -0.2) is 9.82 Å². The van der Waals surface area contributed by atoms with E-state index in [0.29, 0.717) is 5.92 Å². The van der Waals surface area contributed by atoms with Gasteiger partial charge in [0.25, 0.3) is 0 Å². The summed E-state index contributed by atoms with van der Waals surface area (Å²) in [6, 6.07) is 4.39. The highest BCUT2D eigenvalue weighted by Crippen LogP contribution is 2.37. The first-order valence-electron chi connectivity index (χ1n) is 10.5. The number of aryl methyl sites for hydroxylation is 2. The Bertz CT molecular complexity index is 816. The highest BCUT2D eigenvalue weighted by molar-refractivity contribution is 6.74. The summed E-state index contributed by atoms with van der Waals surface area (Å²) in [6.07, 6.45) is 2.74. The van der Waals surface area contributed by atoms with Gasteiger partial charge >= 0.3 is 5.52 Å². The predicted octanol–water partition coefficient (Wildman–Crippen LogP) is 4.30. The van der Waals surface area contributed by atoms with Crippen LogP contribution in [-0.2, 0) is 23.7 Å². The molecule has 0 saturated heterocycles. The Labute approximate surface area is 171 Å². The van der Waals surface area contributed by atoms with Gasteiger partial charge in [-0.1, -0.05) is 41.5 Å². The summed E-state index contributed by atoms with van der Waals surface area (Å²) in [5.74, 6) is 1.25. The van der Waals surface area contributed by atoms with Crippen LogP contribution in [-0.4, -0.2) is 32.1 Å². The van der Waals surface area contributed by atoms with Gasteiger partial charge < -0.3 is 4.43 Å². The molecule has 0 bridgehead atoms. The Morgan fingerprint density at radius 3 is 2.32 bits per heavy atom. The Morgan fingerprint density at radius 2 is 1.79 bits per heavy atom. The number of nitrogens with zero attached hydrogens (tertiary/aromatic N) is 3. The van der Waals surface area contributed by atoms with Crippen molar-refractivity contribution < 1.29 is 14.1 Å². The molecular formula is C22H38N3O2Si+. The lowest BCUT2D eigenvalue weighted by molar-refractivity contribution is -0.911. The average molecular weight is 405 g/mol. The van der Waals surface area contributed by atoms with Crippen LogP contribution in [0.1, 0.15) is 58.5 Å². The van der Waals surface area contributed by atoms with Crippen LogP contribution >= 0.6 is 0 Å². The van der Waals surface area contributed by atoms with E-state index in [0.717, 1.165) is 42.7 Å². The van der Waals surface area contributed by atoms with Gasteiger partial charge in [0.05, 0.1) is 5.10 Å². The second-order valence-electron chi connectivity index (χ2n) is 9.28. The summed E-state index contributed by atoms with van der Waals surface area (Å²) in [7, 11) is -0.0712. The minimum Gasteiger partial charge on any atom is -0.417 e. The molecule has 0 fully saturated rings. The van der Waals surface area contributed by atoms with Crippen molar-refractivity contribution in [1.29, 1.82) is 0 Å². The minimum atomic E-state index is -1.72. The number of hydrogen-bond donors (Lipinski definition) is 0.